The highest BCUT2D eigenvalue weighted by atomic mass is 32.2. The summed E-state index contributed by atoms with van der Waals surface area (Å²) in [6.07, 6.45) is 3.85. The van der Waals surface area contributed by atoms with Crippen molar-refractivity contribution in [3.05, 3.63) is 83.4 Å². The maximum atomic E-state index is 13.6. The minimum atomic E-state index is -3.63. The van der Waals surface area contributed by atoms with Gasteiger partial charge in [0.25, 0.3) is 0 Å². The molecule has 3 aromatic rings. The van der Waals surface area contributed by atoms with Gasteiger partial charge >= 0.3 is 0 Å². The van der Waals surface area contributed by atoms with Crippen molar-refractivity contribution in [3.63, 3.8) is 0 Å². The number of amides is 1. The summed E-state index contributed by atoms with van der Waals surface area (Å²) in [6, 6.07) is 20.1. The molecule has 0 aliphatic carbocycles. The Bertz CT molecular complexity index is 1280. The molecule has 3 aromatic carbocycles. The van der Waals surface area contributed by atoms with Crippen LogP contribution in [0.1, 0.15) is 48.3 Å². The van der Waals surface area contributed by atoms with Gasteiger partial charge < -0.3 is 10.1 Å². The number of nitrogens with zero attached hydrogens (tertiary/aromatic N) is 1. The van der Waals surface area contributed by atoms with Crippen molar-refractivity contribution >= 4 is 21.6 Å². The van der Waals surface area contributed by atoms with E-state index in [1.807, 2.05) is 48.5 Å². The van der Waals surface area contributed by atoms with E-state index >= 15 is 0 Å². The Labute approximate surface area is 200 Å². The maximum absolute atomic E-state index is 13.6. The Kier molecular flexibility index (Phi) is 6.15. The summed E-state index contributed by atoms with van der Waals surface area (Å²) in [5.41, 5.74) is 2.70. The molecule has 176 valence electrons. The van der Waals surface area contributed by atoms with E-state index in [2.05, 4.69) is 5.32 Å². The molecule has 1 fully saturated rings. The number of anilines is 1. The first kappa shape index (κ1) is 22.6. The molecule has 5 rings (SSSR count). The Morgan fingerprint density at radius 2 is 1.47 bits per heavy atom. The molecule has 0 aromatic heterocycles. The van der Waals surface area contributed by atoms with Crippen molar-refractivity contribution in [1.82, 2.24) is 4.31 Å². The molecule has 34 heavy (non-hydrogen) atoms. The Hall–Kier alpha value is -3.16. The average Bonchev–Trinajstić information content (AvgIpc) is 3.14. The zero-order valence-electron chi connectivity index (χ0n) is 19.2. The van der Waals surface area contributed by atoms with E-state index in [0.29, 0.717) is 35.8 Å². The third-order valence-corrected chi connectivity index (χ3v) is 8.62. The summed E-state index contributed by atoms with van der Waals surface area (Å²) in [5.74, 6) is 0.502. The fraction of sp³-hybridized carbons (Fsp3) is 0.296. The Morgan fingerprint density at radius 1 is 0.882 bits per heavy atom. The number of para-hydroxylation sites is 2. The van der Waals surface area contributed by atoms with E-state index in [-0.39, 0.29) is 10.8 Å². The summed E-state index contributed by atoms with van der Waals surface area (Å²) in [7, 11) is -3.63. The van der Waals surface area contributed by atoms with Gasteiger partial charge in [0.2, 0.25) is 15.9 Å². The average molecular weight is 477 g/mol. The van der Waals surface area contributed by atoms with Gasteiger partial charge in [0.1, 0.15) is 11.5 Å². The van der Waals surface area contributed by atoms with Crippen LogP contribution in [-0.2, 0) is 14.8 Å². The third-order valence-electron chi connectivity index (χ3n) is 6.58. The normalized spacial score (nSPS) is 16.6. The van der Waals surface area contributed by atoms with Gasteiger partial charge in [-0.15, -0.1) is 0 Å². The first-order valence-electron chi connectivity index (χ1n) is 11.7. The smallest absolute Gasteiger partial charge is 0.243 e. The molecule has 7 heteroatoms. The van der Waals surface area contributed by atoms with Gasteiger partial charge in [-0.2, -0.15) is 4.31 Å². The van der Waals surface area contributed by atoms with Crippen molar-refractivity contribution < 1.29 is 17.9 Å². The lowest BCUT2D eigenvalue weighted by atomic mass is 9.87. The number of hydrogen-bond acceptors (Lipinski definition) is 4. The number of nitrogens with one attached hydrogen (secondary N) is 1. The molecule has 2 aliphatic heterocycles. The molecule has 0 unspecified atom stereocenters. The molecule has 1 amide bonds. The van der Waals surface area contributed by atoms with Gasteiger partial charge in [-0.3, -0.25) is 4.79 Å². The van der Waals surface area contributed by atoms with Crippen LogP contribution in [-0.4, -0.2) is 31.7 Å². The van der Waals surface area contributed by atoms with E-state index in [9.17, 15) is 13.2 Å². The number of rotatable bonds is 4. The van der Waals surface area contributed by atoms with Gasteiger partial charge in [0, 0.05) is 29.9 Å². The summed E-state index contributed by atoms with van der Waals surface area (Å²) in [5, 5.41) is 2.97. The van der Waals surface area contributed by atoms with Crippen molar-refractivity contribution in [1.29, 1.82) is 0 Å². The van der Waals surface area contributed by atoms with Crippen LogP contribution in [0.15, 0.2) is 71.6 Å². The molecule has 2 heterocycles. The minimum absolute atomic E-state index is 0.231. The van der Waals surface area contributed by atoms with Crippen molar-refractivity contribution in [2.24, 2.45) is 0 Å². The predicted molar refractivity (Wildman–Crippen MR) is 132 cm³/mol. The van der Waals surface area contributed by atoms with Crippen LogP contribution in [0.4, 0.5) is 5.69 Å². The van der Waals surface area contributed by atoms with E-state index in [1.165, 1.54) is 0 Å². The van der Waals surface area contributed by atoms with Crippen LogP contribution >= 0.6 is 0 Å². The number of sulfonamides is 1. The molecule has 1 saturated heterocycles. The van der Waals surface area contributed by atoms with E-state index in [1.54, 1.807) is 29.4 Å². The van der Waals surface area contributed by atoms with Crippen LogP contribution in [0.3, 0.4) is 0 Å². The molecule has 2 aliphatic rings. The van der Waals surface area contributed by atoms with Crippen molar-refractivity contribution in [2.75, 3.05) is 18.4 Å². The number of fused-ring (bicyclic) bond motifs is 2. The van der Waals surface area contributed by atoms with Crippen LogP contribution in [0.5, 0.6) is 11.5 Å². The summed E-state index contributed by atoms with van der Waals surface area (Å²) < 4.78 is 34.4. The highest BCUT2D eigenvalue weighted by molar-refractivity contribution is 7.89. The number of ether oxygens (including phenoxy) is 1. The summed E-state index contributed by atoms with van der Waals surface area (Å²) in [4.78, 5) is 13.8. The third kappa shape index (κ3) is 4.21. The highest BCUT2D eigenvalue weighted by Crippen LogP contribution is 2.44. The number of carbonyl (C=O) groups is 1. The lowest BCUT2D eigenvalue weighted by molar-refractivity contribution is -0.116. The zero-order chi connectivity index (χ0) is 23.7. The molecule has 1 N–H and O–H groups in total. The van der Waals surface area contributed by atoms with Crippen LogP contribution in [0.2, 0.25) is 0 Å². The van der Waals surface area contributed by atoms with Crippen molar-refractivity contribution in [3.8, 4) is 11.5 Å². The largest absolute Gasteiger partial charge is 0.457 e. The quantitative estimate of drug-likeness (QED) is 0.544. The van der Waals surface area contributed by atoms with Crippen LogP contribution < -0.4 is 10.1 Å². The van der Waals surface area contributed by atoms with Gasteiger partial charge in [-0.05, 0) is 49.6 Å². The Morgan fingerprint density at radius 3 is 2.09 bits per heavy atom. The van der Waals surface area contributed by atoms with Crippen LogP contribution in [0, 0.1) is 6.92 Å². The number of aryl methyl sites for hydroxylation is 1. The summed E-state index contributed by atoms with van der Waals surface area (Å²) in [6.45, 7) is 2.86. The molecular formula is C27H28N2O4S. The van der Waals surface area contributed by atoms with Gasteiger partial charge in [0.05, 0.1) is 10.8 Å². The first-order chi connectivity index (χ1) is 16.4. The van der Waals surface area contributed by atoms with E-state index < -0.39 is 15.9 Å². The monoisotopic (exact) mass is 476 g/mol. The fourth-order valence-electron chi connectivity index (χ4n) is 4.78. The van der Waals surface area contributed by atoms with Crippen molar-refractivity contribution in [2.45, 2.75) is 43.4 Å². The van der Waals surface area contributed by atoms with Gasteiger partial charge in [0.15, 0.2) is 0 Å². The molecule has 0 saturated carbocycles. The molecule has 0 radical (unpaired) electrons. The second-order valence-corrected chi connectivity index (χ2v) is 10.8. The second kappa shape index (κ2) is 9.24. The molecule has 0 bridgehead atoms. The predicted octanol–water partition coefficient (Wildman–Crippen LogP) is 5.44. The minimum Gasteiger partial charge on any atom is -0.457 e. The second-order valence-electron chi connectivity index (χ2n) is 8.90. The number of carbonyl (C=O) groups excluding carboxylic acids is 1. The first-order valence-corrected chi connectivity index (χ1v) is 13.2. The fourth-order valence-corrected chi connectivity index (χ4v) is 6.55. The van der Waals surface area contributed by atoms with Gasteiger partial charge in [-0.25, -0.2) is 8.42 Å². The molecular weight excluding hydrogens is 448 g/mol. The van der Waals surface area contributed by atoms with Gasteiger partial charge in [-0.1, -0.05) is 55.3 Å². The zero-order valence-corrected chi connectivity index (χ0v) is 20.0. The molecule has 0 atom stereocenters. The maximum Gasteiger partial charge on any atom is 0.243 e. The molecule has 0 spiro atoms. The lowest BCUT2D eigenvalue weighted by Crippen LogP contribution is -2.32. The summed E-state index contributed by atoms with van der Waals surface area (Å²) >= 11 is 0. The van der Waals surface area contributed by atoms with Crippen LogP contribution in [0.25, 0.3) is 0 Å². The standard InChI is InChI=1S/C27H28N2O4S/c1-19-14-15-20(18-25(19)34(31,32)29-16-8-2-3-9-17-29)28-27(30)26-21-10-4-6-12-23(21)33-24-13-7-5-11-22(24)26/h4-7,10-15,18,26H,2-3,8-9,16-17H2,1H3,(H,28,30). The topological polar surface area (TPSA) is 75.7 Å². The number of benzene rings is 3. The highest BCUT2D eigenvalue weighted by Gasteiger charge is 2.33. The van der Waals surface area contributed by atoms with E-state index in [4.69, 9.17) is 4.74 Å². The number of hydrogen-bond donors (Lipinski definition) is 1. The molecule has 6 nitrogen and oxygen atoms in total. The SMILES string of the molecule is Cc1ccc(NC(=O)C2c3ccccc3Oc3ccccc32)cc1S(=O)(=O)N1CCCCCC1. The van der Waals surface area contributed by atoms with E-state index in [0.717, 1.165) is 36.8 Å². The lowest BCUT2D eigenvalue weighted by Gasteiger charge is -2.27. The Balaban J connectivity index is 1.47.